The largest absolute Gasteiger partial charge is 0.466 e. The first-order chi connectivity index (χ1) is 9.52. The van der Waals surface area contributed by atoms with Crippen LogP contribution in [0.3, 0.4) is 0 Å². The van der Waals surface area contributed by atoms with Gasteiger partial charge in [-0.1, -0.05) is 18.7 Å². The molecule has 0 atom stereocenters. The van der Waals surface area contributed by atoms with Crippen molar-refractivity contribution >= 4 is 17.8 Å². The van der Waals surface area contributed by atoms with Crippen molar-refractivity contribution in [2.45, 2.75) is 19.8 Å². The van der Waals surface area contributed by atoms with Gasteiger partial charge in [0.25, 0.3) is 11.8 Å². The molecule has 1 heterocycles. The van der Waals surface area contributed by atoms with Crippen LogP contribution in [0.1, 0.15) is 40.5 Å². The zero-order valence-corrected chi connectivity index (χ0v) is 11.2. The lowest BCUT2D eigenvalue weighted by Gasteiger charge is -2.16. The molecule has 0 aliphatic carbocycles. The smallest absolute Gasteiger partial charge is 0.302 e. The van der Waals surface area contributed by atoms with Gasteiger partial charge in [0.1, 0.15) is 0 Å². The van der Waals surface area contributed by atoms with Crippen LogP contribution in [0.15, 0.2) is 36.5 Å². The summed E-state index contributed by atoms with van der Waals surface area (Å²) in [5.41, 5.74) is 1.22. The minimum absolute atomic E-state index is 0.248. The molecule has 0 spiro atoms. The molecule has 5 nitrogen and oxygen atoms in total. The molecule has 0 aromatic heterocycles. The summed E-state index contributed by atoms with van der Waals surface area (Å²) in [5, 5.41) is 0. The summed E-state index contributed by atoms with van der Waals surface area (Å²) < 4.78 is 4.80. The van der Waals surface area contributed by atoms with Crippen molar-refractivity contribution < 1.29 is 19.1 Å². The van der Waals surface area contributed by atoms with Gasteiger partial charge in [0.2, 0.25) is 0 Å². The molecular weight excluding hydrogens is 258 g/mol. The van der Waals surface area contributed by atoms with E-state index < -0.39 is 0 Å². The van der Waals surface area contributed by atoms with E-state index in [-0.39, 0.29) is 24.4 Å². The Morgan fingerprint density at radius 2 is 1.75 bits per heavy atom. The van der Waals surface area contributed by atoms with Gasteiger partial charge in [-0.2, -0.15) is 0 Å². The standard InChI is InChI=1S/C15H15NO4/c1-10(6-5-9-20-11(2)17)16-14(18)12-7-3-4-8-13(12)15(16)19/h3-4,7-8H,1,5-6,9H2,2H3. The number of hydrogen-bond donors (Lipinski definition) is 0. The zero-order valence-electron chi connectivity index (χ0n) is 11.2. The molecule has 1 aromatic carbocycles. The lowest BCUT2D eigenvalue weighted by molar-refractivity contribution is -0.141. The third-order valence-electron chi connectivity index (χ3n) is 3.03. The highest BCUT2D eigenvalue weighted by Gasteiger charge is 2.36. The molecule has 5 heteroatoms. The SMILES string of the molecule is C=C(CCCOC(C)=O)N1C(=O)c2ccccc2C1=O. The van der Waals surface area contributed by atoms with Crippen molar-refractivity contribution in [3.8, 4) is 0 Å². The summed E-state index contributed by atoms with van der Waals surface area (Å²) in [7, 11) is 0. The first-order valence-electron chi connectivity index (χ1n) is 6.31. The van der Waals surface area contributed by atoms with Gasteiger partial charge in [-0.05, 0) is 25.0 Å². The maximum Gasteiger partial charge on any atom is 0.302 e. The van der Waals surface area contributed by atoms with Crippen molar-refractivity contribution in [3.05, 3.63) is 47.7 Å². The normalized spacial score (nSPS) is 13.3. The number of esters is 1. The molecule has 0 saturated heterocycles. The summed E-state index contributed by atoms with van der Waals surface area (Å²) >= 11 is 0. The molecule has 0 fully saturated rings. The Hall–Kier alpha value is -2.43. The van der Waals surface area contributed by atoms with E-state index in [1.54, 1.807) is 24.3 Å². The zero-order chi connectivity index (χ0) is 14.7. The molecule has 0 saturated carbocycles. The van der Waals surface area contributed by atoms with E-state index in [0.717, 1.165) is 4.90 Å². The van der Waals surface area contributed by atoms with Crippen molar-refractivity contribution in [3.63, 3.8) is 0 Å². The number of hydrogen-bond acceptors (Lipinski definition) is 4. The molecule has 0 N–H and O–H groups in total. The first kappa shape index (κ1) is 14.0. The van der Waals surface area contributed by atoms with Gasteiger partial charge in [-0.25, -0.2) is 4.90 Å². The lowest BCUT2D eigenvalue weighted by atomic mass is 10.1. The molecule has 104 valence electrons. The van der Waals surface area contributed by atoms with Crippen LogP contribution in [0.2, 0.25) is 0 Å². The van der Waals surface area contributed by atoms with E-state index in [2.05, 4.69) is 6.58 Å². The molecule has 2 rings (SSSR count). The minimum Gasteiger partial charge on any atom is -0.466 e. The Kier molecular flexibility index (Phi) is 3.98. The van der Waals surface area contributed by atoms with Crippen molar-refractivity contribution in [1.82, 2.24) is 4.90 Å². The number of ether oxygens (including phenoxy) is 1. The monoisotopic (exact) mass is 273 g/mol. The van der Waals surface area contributed by atoms with Crippen LogP contribution in [-0.2, 0) is 9.53 Å². The molecule has 0 bridgehead atoms. The van der Waals surface area contributed by atoms with Crippen LogP contribution >= 0.6 is 0 Å². The highest BCUT2D eigenvalue weighted by atomic mass is 16.5. The molecular formula is C15H15NO4. The number of rotatable bonds is 5. The second kappa shape index (κ2) is 5.69. The number of fused-ring (bicyclic) bond motifs is 1. The van der Waals surface area contributed by atoms with Crippen LogP contribution < -0.4 is 0 Å². The average molecular weight is 273 g/mol. The number of nitrogens with zero attached hydrogens (tertiary/aromatic N) is 1. The van der Waals surface area contributed by atoms with Gasteiger partial charge in [0.15, 0.2) is 0 Å². The van der Waals surface area contributed by atoms with Crippen molar-refractivity contribution in [2.75, 3.05) is 6.61 Å². The molecule has 0 unspecified atom stereocenters. The fourth-order valence-corrected chi connectivity index (χ4v) is 2.08. The number of carbonyl (C=O) groups is 3. The summed E-state index contributed by atoms with van der Waals surface area (Å²) in [6.45, 7) is 5.36. The quantitative estimate of drug-likeness (QED) is 0.468. The minimum atomic E-state index is -0.351. The molecule has 20 heavy (non-hydrogen) atoms. The number of imide groups is 1. The fraction of sp³-hybridized carbons (Fsp3) is 0.267. The second-order valence-corrected chi connectivity index (χ2v) is 4.50. The number of benzene rings is 1. The van der Waals surface area contributed by atoms with Crippen LogP contribution in [0.25, 0.3) is 0 Å². The summed E-state index contributed by atoms with van der Waals surface area (Å²) in [5.74, 6) is -1.04. The topological polar surface area (TPSA) is 63.7 Å². The highest BCUT2D eigenvalue weighted by Crippen LogP contribution is 2.26. The second-order valence-electron chi connectivity index (χ2n) is 4.50. The predicted octanol–water partition coefficient (Wildman–Crippen LogP) is 2.14. The van der Waals surface area contributed by atoms with Crippen molar-refractivity contribution in [1.29, 1.82) is 0 Å². The van der Waals surface area contributed by atoms with Crippen LogP contribution in [-0.4, -0.2) is 29.3 Å². The third-order valence-corrected chi connectivity index (χ3v) is 3.03. The summed E-state index contributed by atoms with van der Waals surface area (Å²) in [6.07, 6.45) is 0.935. The van der Waals surface area contributed by atoms with E-state index in [1.807, 2.05) is 0 Å². The number of carbonyl (C=O) groups excluding carboxylic acids is 3. The first-order valence-corrected chi connectivity index (χ1v) is 6.31. The van der Waals surface area contributed by atoms with Crippen LogP contribution in [0.5, 0.6) is 0 Å². The van der Waals surface area contributed by atoms with Gasteiger partial charge >= 0.3 is 5.97 Å². The predicted molar refractivity (Wildman–Crippen MR) is 71.9 cm³/mol. The van der Waals surface area contributed by atoms with E-state index in [0.29, 0.717) is 29.7 Å². The average Bonchev–Trinajstić information content (AvgIpc) is 2.67. The Bertz CT molecular complexity index is 556. The van der Waals surface area contributed by atoms with E-state index in [4.69, 9.17) is 4.74 Å². The Morgan fingerprint density at radius 1 is 1.20 bits per heavy atom. The third kappa shape index (κ3) is 2.61. The maximum absolute atomic E-state index is 12.1. The Balaban J connectivity index is 2.00. The van der Waals surface area contributed by atoms with Crippen LogP contribution in [0.4, 0.5) is 0 Å². The molecule has 1 aromatic rings. The Morgan fingerprint density at radius 3 is 2.25 bits per heavy atom. The van der Waals surface area contributed by atoms with Gasteiger partial charge in [-0.3, -0.25) is 14.4 Å². The van der Waals surface area contributed by atoms with Gasteiger partial charge < -0.3 is 4.74 Å². The van der Waals surface area contributed by atoms with Gasteiger partial charge in [-0.15, -0.1) is 0 Å². The van der Waals surface area contributed by atoms with Crippen molar-refractivity contribution in [2.24, 2.45) is 0 Å². The van der Waals surface area contributed by atoms with Gasteiger partial charge in [0, 0.05) is 12.6 Å². The summed E-state index contributed by atoms with van der Waals surface area (Å²) in [6, 6.07) is 6.69. The van der Waals surface area contributed by atoms with Crippen LogP contribution in [0, 0.1) is 0 Å². The van der Waals surface area contributed by atoms with E-state index >= 15 is 0 Å². The lowest BCUT2D eigenvalue weighted by Crippen LogP contribution is -2.28. The molecule has 0 radical (unpaired) electrons. The molecule has 1 aliphatic heterocycles. The summed E-state index contributed by atoms with van der Waals surface area (Å²) in [4.78, 5) is 36.0. The number of allylic oxidation sites excluding steroid dienone is 1. The van der Waals surface area contributed by atoms with E-state index in [1.165, 1.54) is 6.92 Å². The Labute approximate surface area is 116 Å². The number of amides is 2. The van der Waals surface area contributed by atoms with E-state index in [9.17, 15) is 14.4 Å². The molecule has 2 amide bonds. The maximum atomic E-state index is 12.1. The molecule has 1 aliphatic rings. The fourth-order valence-electron chi connectivity index (χ4n) is 2.08. The highest BCUT2D eigenvalue weighted by molar-refractivity contribution is 6.22. The van der Waals surface area contributed by atoms with Gasteiger partial charge in [0.05, 0.1) is 17.7 Å².